The molecule has 0 aliphatic carbocycles. The number of hydrogen-bond acceptors (Lipinski definition) is 3. The predicted molar refractivity (Wildman–Crippen MR) is 71.0 cm³/mol. The van der Waals surface area contributed by atoms with E-state index in [0.717, 1.165) is 50.4 Å². The maximum atomic E-state index is 9.73. The van der Waals surface area contributed by atoms with Crippen LogP contribution in [-0.4, -0.2) is 45.8 Å². The first-order chi connectivity index (χ1) is 8.65. The number of rotatable bonds is 1. The summed E-state index contributed by atoms with van der Waals surface area (Å²) < 4.78 is 2.26. The Labute approximate surface area is 113 Å². The fraction of sp³-hybridized carbons (Fsp3) is 0.769. The van der Waals surface area contributed by atoms with Crippen LogP contribution in [0.5, 0.6) is 0 Å². The van der Waals surface area contributed by atoms with E-state index in [9.17, 15) is 5.11 Å². The van der Waals surface area contributed by atoms with Crippen LogP contribution in [0.15, 0.2) is 0 Å². The average molecular weight is 270 g/mol. The third-order valence-electron chi connectivity index (χ3n) is 4.25. The van der Waals surface area contributed by atoms with Gasteiger partial charge in [-0.2, -0.15) is 0 Å². The summed E-state index contributed by atoms with van der Waals surface area (Å²) in [6.07, 6.45) is 3.53. The molecule has 0 radical (unpaired) electrons. The Morgan fingerprint density at radius 2 is 1.94 bits per heavy atom. The van der Waals surface area contributed by atoms with Gasteiger partial charge in [-0.25, -0.2) is 4.98 Å². The molecule has 2 aliphatic heterocycles. The van der Waals surface area contributed by atoms with Crippen LogP contribution in [0.1, 0.15) is 36.7 Å². The summed E-state index contributed by atoms with van der Waals surface area (Å²) in [4.78, 5) is 6.94. The third-order valence-corrected chi connectivity index (χ3v) is 4.55. The van der Waals surface area contributed by atoms with E-state index in [2.05, 4.69) is 21.5 Å². The number of nitrogens with zero attached hydrogens (tertiary/aromatic N) is 3. The van der Waals surface area contributed by atoms with E-state index in [4.69, 9.17) is 11.6 Å². The number of hydrogen-bond donors (Lipinski definition) is 1. The topological polar surface area (TPSA) is 41.3 Å². The summed E-state index contributed by atoms with van der Waals surface area (Å²) in [5.74, 6) is 1.68. The smallest absolute Gasteiger partial charge is 0.150 e. The van der Waals surface area contributed by atoms with Gasteiger partial charge < -0.3 is 14.6 Å². The van der Waals surface area contributed by atoms with E-state index >= 15 is 0 Å². The minimum Gasteiger partial charge on any atom is -0.393 e. The monoisotopic (exact) mass is 269 g/mol. The highest BCUT2D eigenvalue weighted by Crippen LogP contribution is 2.32. The zero-order valence-corrected chi connectivity index (χ0v) is 11.5. The second-order valence-corrected chi connectivity index (χ2v) is 5.94. The van der Waals surface area contributed by atoms with Crippen molar-refractivity contribution in [2.45, 2.75) is 44.2 Å². The van der Waals surface area contributed by atoms with Gasteiger partial charge in [0, 0.05) is 18.9 Å². The standard InChI is InChI=1S/C13H20ClN3O/c1-16-5-2-9(3-6-16)13-15-12(14)11-8-10(18)4-7-17(11)13/h9-10,18H,2-8H2,1H3. The fourth-order valence-corrected chi connectivity index (χ4v) is 3.37. The second-order valence-electron chi connectivity index (χ2n) is 5.58. The maximum absolute atomic E-state index is 9.73. The molecule has 0 amide bonds. The van der Waals surface area contributed by atoms with Crippen molar-refractivity contribution < 1.29 is 5.11 Å². The van der Waals surface area contributed by atoms with Crippen LogP contribution in [0.4, 0.5) is 0 Å². The summed E-state index contributed by atoms with van der Waals surface area (Å²) in [6.45, 7) is 3.12. The molecule has 18 heavy (non-hydrogen) atoms. The van der Waals surface area contributed by atoms with Crippen molar-refractivity contribution in [3.05, 3.63) is 16.7 Å². The van der Waals surface area contributed by atoms with Crippen molar-refractivity contribution in [1.82, 2.24) is 14.5 Å². The van der Waals surface area contributed by atoms with E-state index in [1.54, 1.807) is 0 Å². The number of halogens is 1. The molecule has 0 aromatic carbocycles. The molecule has 4 nitrogen and oxygen atoms in total. The van der Waals surface area contributed by atoms with Gasteiger partial charge in [0.05, 0.1) is 11.8 Å². The summed E-state index contributed by atoms with van der Waals surface area (Å²) in [7, 11) is 2.17. The summed E-state index contributed by atoms with van der Waals surface area (Å²) in [6, 6.07) is 0. The molecule has 1 atom stereocenters. The Balaban J connectivity index is 1.87. The number of piperidine rings is 1. The molecule has 2 aliphatic rings. The Bertz CT molecular complexity index is 438. The third kappa shape index (κ3) is 2.17. The van der Waals surface area contributed by atoms with E-state index in [0.29, 0.717) is 17.5 Å². The first kappa shape index (κ1) is 12.5. The van der Waals surface area contributed by atoms with Crippen molar-refractivity contribution in [2.24, 2.45) is 0 Å². The number of aromatic nitrogens is 2. The van der Waals surface area contributed by atoms with Gasteiger partial charge in [-0.3, -0.25) is 0 Å². The van der Waals surface area contributed by atoms with E-state index < -0.39 is 0 Å². The van der Waals surface area contributed by atoms with Crippen LogP contribution in [0, 0.1) is 0 Å². The number of fused-ring (bicyclic) bond motifs is 1. The Hall–Kier alpha value is -0.580. The average Bonchev–Trinajstić information content (AvgIpc) is 2.68. The van der Waals surface area contributed by atoms with Crippen molar-refractivity contribution >= 4 is 11.6 Å². The van der Waals surface area contributed by atoms with Gasteiger partial charge in [0.15, 0.2) is 5.15 Å². The van der Waals surface area contributed by atoms with Gasteiger partial charge in [-0.1, -0.05) is 11.6 Å². The molecule has 3 rings (SSSR count). The molecule has 100 valence electrons. The van der Waals surface area contributed by atoms with Crippen molar-refractivity contribution in [1.29, 1.82) is 0 Å². The molecular formula is C13H20ClN3O. The quantitative estimate of drug-likeness (QED) is 0.843. The van der Waals surface area contributed by atoms with Crippen LogP contribution in [0.3, 0.4) is 0 Å². The van der Waals surface area contributed by atoms with E-state index in [1.807, 2.05) is 0 Å². The van der Waals surface area contributed by atoms with Gasteiger partial charge in [0.1, 0.15) is 5.82 Å². The lowest BCUT2D eigenvalue weighted by atomic mass is 9.96. The summed E-state index contributed by atoms with van der Waals surface area (Å²) in [5, 5.41) is 10.3. The largest absolute Gasteiger partial charge is 0.393 e. The van der Waals surface area contributed by atoms with Gasteiger partial charge in [0.2, 0.25) is 0 Å². The normalized spacial score (nSPS) is 26.3. The zero-order valence-electron chi connectivity index (χ0n) is 10.8. The SMILES string of the molecule is CN1CCC(c2nc(Cl)c3n2CCC(O)C3)CC1. The van der Waals surface area contributed by atoms with Crippen LogP contribution in [-0.2, 0) is 13.0 Å². The minimum absolute atomic E-state index is 0.253. The lowest BCUT2D eigenvalue weighted by Crippen LogP contribution is -2.31. The molecule has 0 spiro atoms. The second kappa shape index (κ2) is 4.83. The Morgan fingerprint density at radius 3 is 2.67 bits per heavy atom. The fourth-order valence-electron chi connectivity index (χ4n) is 3.10. The van der Waals surface area contributed by atoms with Crippen LogP contribution in [0.25, 0.3) is 0 Å². The van der Waals surface area contributed by atoms with Crippen molar-refractivity contribution in [2.75, 3.05) is 20.1 Å². The molecule has 1 N–H and O–H groups in total. The number of likely N-dealkylation sites (tertiary alicyclic amines) is 1. The highest BCUT2D eigenvalue weighted by atomic mass is 35.5. The molecule has 1 aromatic heterocycles. The maximum Gasteiger partial charge on any atom is 0.150 e. The molecule has 1 saturated heterocycles. The van der Waals surface area contributed by atoms with Gasteiger partial charge in [-0.15, -0.1) is 0 Å². The number of aliphatic hydroxyl groups is 1. The number of imidazole rings is 1. The Morgan fingerprint density at radius 1 is 1.22 bits per heavy atom. The highest BCUT2D eigenvalue weighted by molar-refractivity contribution is 6.30. The summed E-state index contributed by atoms with van der Waals surface area (Å²) in [5.41, 5.74) is 1.03. The van der Waals surface area contributed by atoms with Gasteiger partial charge in [-0.05, 0) is 39.4 Å². The molecule has 1 unspecified atom stereocenters. The van der Waals surface area contributed by atoms with Gasteiger partial charge >= 0.3 is 0 Å². The predicted octanol–water partition coefficient (Wildman–Crippen LogP) is 1.65. The van der Waals surface area contributed by atoms with E-state index in [-0.39, 0.29) is 6.10 Å². The highest BCUT2D eigenvalue weighted by Gasteiger charge is 2.29. The molecule has 1 fully saturated rings. The number of aliphatic hydroxyl groups excluding tert-OH is 1. The molecule has 1 aromatic rings. The first-order valence-corrected chi connectivity index (χ1v) is 7.14. The lowest BCUT2D eigenvalue weighted by Gasteiger charge is -2.30. The van der Waals surface area contributed by atoms with E-state index in [1.165, 1.54) is 0 Å². The Kier molecular flexibility index (Phi) is 3.34. The van der Waals surface area contributed by atoms with Crippen molar-refractivity contribution in [3.8, 4) is 0 Å². The molecular weight excluding hydrogens is 250 g/mol. The summed E-state index contributed by atoms with van der Waals surface area (Å²) >= 11 is 6.22. The molecule has 5 heteroatoms. The van der Waals surface area contributed by atoms with Crippen LogP contribution in [0.2, 0.25) is 5.15 Å². The first-order valence-electron chi connectivity index (χ1n) is 6.76. The molecule has 0 bridgehead atoms. The molecule has 3 heterocycles. The molecule has 0 saturated carbocycles. The van der Waals surface area contributed by atoms with Crippen LogP contribution >= 0.6 is 11.6 Å². The van der Waals surface area contributed by atoms with Gasteiger partial charge in [0.25, 0.3) is 0 Å². The van der Waals surface area contributed by atoms with Crippen LogP contribution < -0.4 is 0 Å². The zero-order chi connectivity index (χ0) is 12.7. The lowest BCUT2D eigenvalue weighted by molar-refractivity contribution is 0.141. The minimum atomic E-state index is -0.253. The van der Waals surface area contributed by atoms with Crippen molar-refractivity contribution in [3.63, 3.8) is 0 Å².